The van der Waals surface area contributed by atoms with Crippen molar-refractivity contribution in [1.82, 2.24) is 14.5 Å². The first-order valence-corrected chi connectivity index (χ1v) is 8.10. The maximum absolute atomic E-state index is 9.01. The third-order valence-electron chi connectivity index (χ3n) is 4.10. The molecule has 0 aliphatic heterocycles. The second kappa shape index (κ2) is 6.88. The molecule has 0 atom stereocenters. The zero-order valence-electron chi connectivity index (χ0n) is 14.1. The van der Waals surface area contributed by atoms with Crippen LogP contribution in [-0.4, -0.2) is 26.2 Å². The van der Waals surface area contributed by atoms with Gasteiger partial charge >= 0.3 is 0 Å². The van der Waals surface area contributed by atoms with E-state index in [4.69, 9.17) is 10.8 Å². The van der Waals surface area contributed by atoms with Crippen molar-refractivity contribution in [1.29, 1.82) is 0 Å². The summed E-state index contributed by atoms with van der Waals surface area (Å²) in [5.74, 6) is 2.06. The lowest BCUT2D eigenvalue weighted by Gasteiger charge is -2.08. The first-order valence-electron chi connectivity index (χ1n) is 8.10. The van der Waals surface area contributed by atoms with Crippen LogP contribution in [0.1, 0.15) is 23.4 Å². The number of nitrogen functional groups attached to an aromatic ring is 1. The third kappa shape index (κ3) is 3.33. The monoisotopic (exact) mass is 325 g/mol. The van der Waals surface area contributed by atoms with E-state index in [1.807, 2.05) is 23.7 Å². The predicted octanol–water partition coefficient (Wildman–Crippen LogP) is 2.40. The second-order valence-electron chi connectivity index (χ2n) is 6.02. The van der Waals surface area contributed by atoms with Gasteiger partial charge in [0.2, 0.25) is 0 Å². The Bertz CT molecular complexity index is 856. The number of nitrogens with two attached hydrogens (primary N) is 1. The molecule has 1 aromatic carbocycles. The van der Waals surface area contributed by atoms with Gasteiger partial charge in [0, 0.05) is 32.7 Å². The summed E-state index contributed by atoms with van der Waals surface area (Å²) in [6, 6.07) is 10.3. The van der Waals surface area contributed by atoms with Gasteiger partial charge in [0.05, 0.1) is 5.52 Å². The molecule has 2 heterocycles. The number of aliphatic hydroxyl groups excluding tert-OH is 1. The minimum Gasteiger partial charge on any atom is -0.396 e. The van der Waals surface area contributed by atoms with E-state index in [-0.39, 0.29) is 6.61 Å². The van der Waals surface area contributed by atoms with E-state index >= 15 is 0 Å². The number of imidazole rings is 1. The number of nitrogens with zero attached hydrogens (tertiary/aromatic N) is 3. The summed E-state index contributed by atoms with van der Waals surface area (Å²) in [4.78, 5) is 8.97. The molecule has 0 radical (unpaired) electrons. The Balaban J connectivity index is 1.85. The van der Waals surface area contributed by atoms with E-state index < -0.39 is 0 Å². The average Bonchev–Trinajstić information content (AvgIpc) is 2.88. The number of fused-ring (bicyclic) bond motifs is 1. The molecule has 126 valence electrons. The second-order valence-corrected chi connectivity index (χ2v) is 6.02. The summed E-state index contributed by atoms with van der Waals surface area (Å²) >= 11 is 0. The number of benzene rings is 1. The Hall–Kier alpha value is -2.60. The van der Waals surface area contributed by atoms with Crippen LogP contribution in [0, 0.1) is 6.92 Å². The lowest BCUT2D eigenvalue weighted by Crippen LogP contribution is -2.04. The number of pyridine rings is 1. The number of nitrogens with one attached hydrogen (secondary N) is 1. The van der Waals surface area contributed by atoms with Gasteiger partial charge in [-0.25, -0.2) is 9.97 Å². The number of rotatable bonds is 6. The van der Waals surface area contributed by atoms with Crippen LogP contribution in [0.25, 0.3) is 11.0 Å². The predicted molar refractivity (Wildman–Crippen MR) is 96.8 cm³/mol. The standard InChI is InChI=1S/C18H23N5O/c1-12-5-3-6-13(9-12)11-20-15-10-14-17(18(19)21-15)22-16(23(14)2)7-4-8-24/h3,5-6,9-10,24H,4,7-8,11H2,1-2H3,(H3,19,20,21). The summed E-state index contributed by atoms with van der Waals surface area (Å²) < 4.78 is 2.01. The lowest BCUT2D eigenvalue weighted by molar-refractivity contribution is 0.287. The SMILES string of the molecule is Cc1cccc(CNc2cc3c(nc(CCCO)n3C)c(N)n2)c1. The molecule has 0 amide bonds. The van der Waals surface area contributed by atoms with Crippen molar-refractivity contribution >= 4 is 22.7 Å². The summed E-state index contributed by atoms with van der Waals surface area (Å²) in [5.41, 5.74) is 10.2. The van der Waals surface area contributed by atoms with E-state index in [0.717, 1.165) is 17.2 Å². The summed E-state index contributed by atoms with van der Waals surface area (Å²) in [6.45, 7) is 2.92. The first kappa shape index (κ1) is 16.3. The molecule has 0 bridgehead atoms. The fourth-order valence-corrected chi connectivity index (χ4v) is 2.82. The fourth-order valence-electron chi connectivity index (χ4n) is 2.82. The highest BCUT2D eigenvalue weighted by atomic mass is 16.2. The number of hydrogen-bond donors (Lipinski definition) is 3. The summed E-state index contributed by atoms with van der Waals surface area (Å²) in [7, 11) is 1.96. The Kier molecular flexibility index (Phi) is 4.66. The molecular weight excluding hydrogens is 302 g/mol. The van der Waals surface area contributed by atoms with Crippen molar-refractivity contribution < 1.29 is 5.11 Å². The Morgan fingerprint density at radius 2 is 2.08 bits per heavy atom. The van der Waals surface area contributed by atoms with Gasteiger partial charge in [-0.05, 0) is 18.9 Å². The molecule has 0 aliphatic carbocycles. The van der Waals surface area contributed by atoms with Crippen LogP contribution in [0.5, 0.6) is 0 Å². The van der Waals surface area contributed by atoms with Crippen molar-refractivity contribution in [2.75, 3.05) is 17.7 Å². The number of anilines is 2. The normalized spacial score (nSPS) is 11.1. The Morgan fingerprint density at radius 3 is 2.83 bits per heavy atom. The highest BCUT2D eigenvalue weighted by Gasteiger charge is 2.12. The third-order valence-corrected chi connectivity index (χ3v) is 4.10. The van der Waals surface area contributed by atoms with Crippen LogP contribution in [0.4, 0.5) is 11.6 Å². The van der Waals surface area contributed by atoms with Gasteiger partial charge in [-0.3, -0.25) is 0 Å². The zero-order chi connectivity index (χ0) is 17.1. The molecule has 6 nitrogen and oxygen atoms in total. The first-order chi connectivity index (χ1) is 11.6. The van der Waals surface area contributed by atoms with E-state index in [9.17, 15) is 0 Å². The number of aliphatic hydroxyl groups is 1. The molecular formula is C18H23N5O. The molecule has 4 N–H and O–H groups in total. The van der Waals surface area contributed by atoms with Crippen LogP contribution in [0.2, 0.25) is 0 Å². The molecule has 0 aliphatic rings. The maximum Gasteiger partial charge on any atom is 0.154 e. The molecule has 0 saturated carbocycles. The average molecular weight is 325 g/mol. The van der Waals surface area contributed by atoms with Crippen molar-refractivity contribution in [2.45, 2.75) is 26.3 Å². The summed E-state index contributed by atoms with van der Waals surface area (Å²) in [5, 5.41) is 12.3. The van der Waals surface area contributed by atoms with Crippen LogP contribution in [0.3, 0.4) is 0 Å². The highest BCUT2D eigenvalue weighted by molar-refractivity contribution is 5.87. The molecule has 6 heteroatoms. The number of aryl methyl sites for hydroxylation is 3. The smallest absolute Gasteiger partial charge is 0.154 e. The zero-order valence-corrected chi connectivity index (χ0v) is 14.1. The van der Waals surface area contributed by atoms with E-state index in [2.05, 4.69) is 40.4 Å². The van der Waals surface area contributed by atoms with Crippen molar-refractivity contribution in [2.24, 2.45) is 7.05 Å². The minimum atomic E-state index is 0.153. The molecule has 0 saturated heterocycles. The van der Waals surface area contributed by atoms with Crippen molar-refractivity contribution in [3.63, 3.8) is 0 Å². The van der Waals surface area contributed by atoms with Gasteiger partial charge in [-0.15, -0.1) is 0 Å². The highest BCUT2D eigenvalue weighted by Crippen LogP contribution is 2.24. The number of hydrogen-bond acceptors (Lipinski definition) is 5. The van der Waals surface area contributed by atoms with Gasteiger partial charge in [-0.1, -0.05) is 29.8 Å². The maximum atomic E-state index is 9.01. The molecule has 2 aromatic heterocycles. The van der Waals surface area contributed by atoms with Gasteiger partial charge in [0.1, 0.15) is 17.2 Å². The molecule has 24 heavy (non-hydrogen) atoms. The van der Waals surface area contributed by atoms with Gasteiger partial charge in [-0.2, -0.15) is 0 Å². The van der Waals surface area contributed by atoms with E-state index in [0.29, 0.717) is 30.7 Å². The van der Waals surface area contributed by atoms with Crippen LogP contribution < -0.4 is 11.1 Å². The molecule has 0 fully saturated rings. The lowest BCUT2D eigenvalue weighted by atomic mass is 10.1. The van der Waals surface area contributed by atoms with Crippen molar-refractivity contribution in [3.8, 4) is 0 Å². The fraction of sp³-hybridized carbons (Fsp3) is 0.333. The quantitative estimate of drug-likeness (QED) is 0.647. The Labute approximate surface area is 141 Å². The van der Waals surface area contributed by atoms with Crippen LogP contribution >= 0.6 is 0 Å². The van der Waals surface area contributed by atoms with Crippen LogP contribution in [0.15, 0.2) is 30.3 Å². The number of aromatic nitrogens is 3. The minimum absolute atomic E-state index is 0.153. The molecule has 0 unspecified atom stereocenters. The largest absolute Gasteiger partial charge is 0.396 e. The molecule has 0 spiro atoms. The van der Waals surface area contributed by atoms with Gasteiger partial charge < -0.3 is 20.7 Å². The summed E-state index contributed by atoms with van der Waals surface area (Å²) in [6.07, 6.45) is 1.40. The van der Waals surface area contributed by atoms with E-state index in [1.54, 1.807) is 0 Å². The van der Waals surface area contributed by atoms with Gasteiger partial charge in [0.25, 0.3) is 0 Å². The Morgan fingerprint density at radius 1 is 1.25 bits per heavy atom. The molecule has 3 aromatic rings. The van der Waals surface area contributed by atoms with Crippen LogP contribution in [-0.2, 0) is 20.0 Å². The topological polar surface area (TPSA) is 89.0 Å². The van der Waals surface area contributed by atoms with Gasteiger partial charge in [0.15, 0.2) is 5.82 Å². The van der Waals surface area contributed by atoms with E-state index in [1.165, 1.54) is 11.1 Å². The van der Waals surface area contributed by atoms with Crippen molar-refractivity contribution in [3.05, 3.63) is 47.3 Å². The molecule has 3 rings (SSSR count).